The second-order valence-corrected chi connectivity index (χ2v) is 5.53. The lowest BCUT2D eigenvalue weighted by molar-refractivity contribution is 0.00578. The summed E-state index contributed by atoms with van der Waals surface area (Å²) < 4.78 is 11.7. The van der Waals surface area contributed by atoms with Crippen LogP contribution in [0.15, 0.2) is 12.1 Å². The Labute approximate surface area is 112 Å². The summed E-state index contributed by atoms with van der Waals surface area (Å²) in [5.41, 5.74) is 0.0394. The summed E-state index contributed by atoms with van der Waals surface area (Å²) >= 11 is 0. The van der Waals surface area contributed by atoms with Crippen molar-refractivity contribution >= 4 is 19.0 Å². The Bertz CT molecular complexity index is 547. The van der Waals surface area contributed by atoms with Crippen LogP contribution in [0.3, 0.4) is 0 Å². The molecule has 2 rings (SSSR count). The minimum Gasteiger partial charge on any atom is -0.398 e. The van der Waals surface area contributed by atoms with E-state index in [0.29, 0.717) is 17.4 Å². The standard InChI is InChI=1S/C13H15BN2O3/c1-12(2)13(3,4)19-14(18-12)11-6-9(8-17)5-10(7-15)16-11/h5-6,8H,1-4H3. The molecule has 0 aliphatic carbocycles. The Kier molecular flexibility index (Phi) is 3.21. The van der Waals surface area contributed by atoms with E-state index < -0.39 is 18.3 Å². The summed E-state index contributed by atoms with van der Waals surface area (Å²) in [6, 6.07) is 4.94. The fourth-order valence-electron chi connectivity index (χ4n) is 1.78. The second-order valence-electron chi connectivity index (χ2n) is 5.53. The average molecular weight is 258 g/mol. The molecule has 0 atom stereocenters. The van der Waals surface area contributed by atoms with E-state index >= 15 is 0 Å². The van der Waals surface area contributed by atoms with Gasteiger partial charge in [-0.1, -0.05) is 0 Å². The van der Waals surface area contributed by atoms with Crippen LogP contribution in [0.4, 0.5) is 0 Å². The van der Waals surface area contributed by atoms with Gasteiger partial charge in [-0.05, 0) is 39.8 Å². The van der Waals surface area contributed by atoms with Crippen LogP contribution in [-0.4, -0.2) is 29.6 Å². The molecule has 5 nitrogen and oxygen atoms in total. The molecule has 98 valence electrons. The maximum Gasteiger partial charge on any atom is 0.514 e. The molecule has 0 bridgehead atoms. The fraction of sp³-hybridized carbons (Fsp3) is 0.462. The molecule has 0 spiro atoms. The van der Waals surface area contributed by atoms with E-state index in [-0.39, 0.29) is 5.69 Å². The molecule has 1 aliphatic rings. The SMILES string of the molecule is CC1(C)OB(c2cc(C=O)cc(C#N)n2)OC1(C)C. The number of carbonyl (C=O) groups excluding carboxylic acids is 1. The summed E-state index contributed by atoms with van der Waals surface area (Å²) in [5, 5.41) is 8.92. The van der Waals surface area contributed by atoms with Gasteiger partial charge >= 0.3 is 7.12 Å². The van der Waals surface area contributed by atoms with E-state index in [4.69, 9.17) is 14.6 Å². The van der Waals surface area contributed by atoms with Crippen molar-refractivity contribution in [1.82, 2.24) is 4.98 Å². The fourth-order valence-corrected chi connectivity index (χ4v) is 1.78. The van der Waals surface area contributed by atoms with Crippen molar-refractivity contribution < 1.29 is 14.1 Å². The van der Waals surface area contributed by atoms with Gasteiger partial charge < -0.3 is 9.31 Å². The maximum atomic E-state index is 10.9. The highest BCUT2D eigenvalue weighted by atomic mass is 16.7. The highest BCUT2D eigenvalue weighted by molar-refractivity contribution is 6.61. The third-order valence-corrected chi connectivity index (χ3v) is 3.61. The van der Waals surface area contributed by atoms with Gasteiger partial charge in [0.25, 0.3) is 0 Å². The highest BCUT2D eigenvalue weighted by Crippen LogP contribution is 2.36. The maximum absolute atomic E-state index is 10.9. The minimum absolute atomic E-state index is 0.175. The predicted octanol–water partition coefficient (Wildman–Crippen LogP) is 1.06. The lowest BCUT2D eigenvalue weighted by atomic mass is 9.83. The van der Waals surface area contributed by atoms with Crippen molar-refractivity contribution in [1.29, 1.82) is 5.26 Å². The molecule has 1 fully saturated rings. The first-order valence-corrected chi connectivity index (χ1v) is 6.02. The van der Waals surface area contributed by atoms with Crippen LogP contribution < -0.4 is 5.59 Å². The molecule has 6 heteroatoms. The molecule has 0 N–H and O–H groups in total. The number of aldehydes is 1. The van der Waals surface area contributed by atoms with E-state index in [1.807, 2.05) is 33.8 Å². The first-order chi connectivity index (χ1) is 8.79. The zero-order valence-corrected chi connectivity index (χ0v) is 11.4. The predicted molar refractivity (Wildman–Crippen MR) is 70.1 cm³/mol. The van der Waals surface area contributed by atoms with Crippen molar-refractivity contribution in [2.24, 2.45) is 0 Å². The van der Waals surface area contributed by atoms with Gasteiger partial charge in [-0.15, -0.1) is 0 Å². The van der Waals surface area contributed by atoms with Crippen LogP contribution in [-0.2, 0) is 9.31 Å². The van der Waals surface area contributed by atoms with Gasteiger partial charge in [0.2, 0.25) is 0 Å². The first-order valence-electron chi connectivity index (χ1n) is 6.02. The molecular formula is C13H15BN2O3. The van der Waals surface area contributed by atoms with E-state index in [2.05, 4.69) is 4.98 Å². The normalized spacial score (nSPS) is 20.1. The highest BCUT2D eigenvalue weighted by Gasteiger charge is 2.52. The quantitative estimate of drug-likeness (QED) is 0.586. The van der Waals surface area contributed by atoms with Gasteiger partial charge in [-0.3, -0.25) is 4.79 Å². The lowest BCUT2D eigenvalue weighted by Gasteiger charge is -2.32. The third-order valence-electron chi connectivity index (χ3n) is 3.61. The van der Waals surface area contributed by atoms with Gasteiger partial charge in [0.1, 0.15) is 18.0 Å². The summed E-state index contributed by atoms with van der Waals surface area (Å²) in [5.74, 6) is 0. The Hall–Kier alpha value is -1.71. The van der Waals surface area contributed by atoms with Crippen LogP contribution in [0.5, 0.6) is 0 Å². The molecular weight excluding hydrogens is 243 g/mol. The van der Waals surface area contributed by atoms with Gasteiger partial charge in [0.05, 0.1) is 16.8 Å². The molecule has 19 heavy (non-hydrogen) atoms. The molecule has 0 aromatic carbocycles. The van der Waals surface area contributed by atoms with Crippen LogP contribution in [0, 0.1) is 11.3 Å². The first kappa shape index (κ1) is 13.7. The Morgan fingerprint density at radius 2 is 1.84 bits per heavy atom. The molecule has 1 saturated heterocycles. The molecule has 1 aromatic rings. The molecule has 1 aliphatic heterocycles. The van der Waals surface area contributed by atoms with Crippen LogP contribution >= 0.6 is 0 Å². The Morgan fingerprint density at radius 3 is 2.32 bits per heavy atom. The Balaban J connectivity index is 2.39. The number of hydrogen-bond acceptors (Lipinski definition) is 5. The molecule has 1 aromatic heterocycles. The van der Waals surface area contributed by atoms with Crippen molar-refractivity contribution in [3.8, 4) is 6.07 Å². The molecule has 2 heterocycles. The summed E-state index contributed by atoms with van der Waals surface area (Å²) in [4.78, 5) is 15.0. The molecule has 0 saturated carbocycles. The van der Waals surface area contributed by atoms with Crippen LogP contribution in [0.1, 0.15) is 43.7 Å². The molecule has 0 radical (unpaired) electrons. The zero-order valence-electron chi connectivity index (χ0n) is 11.4. The van der Waals surface area contributed by atoms with E-state index in [9.17, 15) is 4.79 Å². The monoisotopic (exact) mass is 258 g/mol. The van der Waals surface area contributed by atoms with Crippen molar-refractivity contribution in [3.05, 3.63) is 23.4 Å². The third kappa shape index (κ3) is 2.39. The van der Waals surface area contributed by atoms with E-state index in [0.717, 1.165) is 0 Å². The van der Waals surface area contributed by atoms with Crippen LogP contribution in [0.25, 0.3) is 0 Å². The van der Waals surface area contributed by atoms with Crippen molar-refractivity contribution in [2.75, 3.05) is 0 Å². The lowest BCUT2D eigenvalue weighted by Crippen LogP contribution is -2.41. The number of carbonyl (C=O) groups is 1. The number of aromatic nitrogens is 1. The van der Waals surface area contributed by atoms with Gasteiger partial charge in [-0.2, -0.15) is 5.26 Å². The number of rotatable bonds is 2. The van der Waals surface area contributed by atoms with Crippen molar-refractivity contribution in [3.63, 3.8) is 0 Å². The second kappa shape index (κ2) is 4.44. The smallest absolute Gasteiger partial charge is 0.398 e. The van der Waals surface area contributed by atoms with E-state index in [1.165, 1.54) is 6.07 Å². The topological polar surface area (TPSA) is 72.2 Å². The van der Waals surface area contributed by atoms with Crippen LogP contribution in [0.2, 0.25) is 0 Å². The zero-order chi connectivity index (χ0) is 14.3. The van der Waals surface area contributed by atoms with Gasteiger partial charge in [0.15, 0.2) is 0 Å². The molecule has 0 amide bonds. The number of nitrogens with zero attached hydrogens (tertiary/aromatic N) is 2. The summed E-state index contributed by atoms with van der Waals surface area (Å²) in [6.07, 6.45) is 0.678. The minimum atomic E-state index is -0.669. The number of pyridine rings is 1. The number of nitriles is 1. The number of hydrogen-bond donors (Lipinski definition) is 0. The average Bonchev–Trinajstić information content (AvgIpc) is 2.58. The summed E-state index contributed by atoms with van der Waals surface area (Å²) in [7, 11) is -0.669. The molecule has 0 unspecified atom stereocenters. The Morgan fingerprint density at radius 1 is 1.26 bits per heavy atom. The largest absolute Gasteiger partial charge is 0.514 e. The van der Waals surface area contributed by atoms with Crippen molar-refractivity contribution in [2.45, 2.75) is 38.9 Å². The summed E-state index contributed by atoms with van der Waals surface area (Å²) in [6.45, 7) is 7.73. The van der Waals surface area contributed by atoms with E-state index in [1.54, 1.807) is 6.07 Å². The van der Waals surface area contributed by atoms with Gasteiger partial charge in [-0.25, -0.2) is 4.98 Å². The van der Waals surface area contributed by atoms with Gasteiger partial charge in [0, 0.05) is 5.56 Å².